The average molecular weight is 297 g/mol. The van der Waals surface area contributed by atoms with Crippen molar-refractivity contribution in [1.29, 1.82) is 0 Å². The zero-order valence-corrected chi connectivity index (χ0v) is 13.0. The largest absolute Gasteiger partial charge is 0.494 e. The summed E-state index contributed by atoms with van der Waals surface area (Å²) in [5.41, 5.74) is 2.06. The van der Waals surface area contributed by atoms with Gasteiger partial charge in [0, 0.05) is 18.2 Å². The number of nitrogens with one attached hydrogen (secondary N) is 1. The van der Waals surface area contributed by atoms with Gasteiger partial charge in [-0.2, -0.15) is 0 Å². The number of aryl methyl sites for hydroxylation is 1. The van der Waals surface area contributed by atoms with Crippen LogP contribution in [0, 0.1) is 0 Å². The van der Waals surface area contributed by atoms with E-state index in [-0.39, 0.29) is 5.91 Å². The van der Waals surface area contributed by atoms with E-state index in [0.29, 0.717) is 13.0 Å². The van der Waals surface area contributed by atoms with Gasteiger partial charge in [-0.05, 0) is 37.0 Å². The first-order chi connectivity index (χ1) is 10.8. The molecule has 0 aromatic heterocycles. The van der Waals surface area contributed by atoms with Crippen LogP contribution in [0.3, 0.4) is 0 Å². The summed E-state index contributed by atoms with van der Waals surface area (Å²) in [6.07, 6.45) is 3.26. The second-order valence-corrected chi connectivity index (χ2v) is 5.26. The van der Waals surface area contributed by atoms with Crippen LogP contribution < -0.4 is 10.1 Å². The highest BCUT2D eigenvalue weighted by Crippen LogP contribution is 2.18. The van der Waals surface area contributed by atoms with Crippen molar-refractivity contribution in [1.82, 2.24) is 0 Å². The van der Waals surface area contributed by atoms with Gasteiger partial charge in [-0.1, -0.05) is 43.3 Å². The zero-order valence-electron chi connectivity index (χ0n) is 13.0. The Kier molecular flexibility index (Phi) is 6.49. The van der Waals surface area contributed by atoms with E-state index >= 15 is 0 Å². The molecule has 0 saturated carbocycles. The number of carbonyl (C=O) groups excluding carboxylic acids is 1. The van der Waals surface area contributed by atoms with E-state index in [1.54, 1.807) is 0 Å². The molecule has 0 fully saturated rings. The fourth-order valence-electron chi connectivity index (χ4n) is 2.20. The Balaban J connectivity index is 1.77. The van der Waals surface area contributed by atoms with Crippen LogP contribution in [-0.4, -0.2) is 12.5 Å². The maximum Gasteiger partial charge on any atom is 0.224 e. The highest BCUT2D eigenvalue weighted by atomic mass is 16.5. The van der Waals surface area contributed by atoms with Gasteiger partial charge in [0.05, 0.1) is 6.61 Å². The Bertz CT molecular complexity index is 581. The predicted octanol–water partition coefficient (Wildman–Crippen LogP) is 4.44. The third kappa shape index (κ3) is 5.60. The molecule has 22 heavy (non-hydrogen) atoms. The van der Waals surface area contributed by atoms with Crippen LogP contribution in [0.5, 0.6) is 5.75 Å². The lowest BCUT2D eigenvalue weighted by atomic mass is 10.1. The van der Waals surface area contributed by atoms with Crippen molar-refractivity contribution < 1.29 is 9.53 Å². The molecule has 0 bridgehead atoms. The molecule has 0 aliphatic rings. The SMILES string of the molecule is CCCOc1cccc(NC(=O)CCCc2ccccc2)c1. The van der Waals surface area contributed by atoms with Gasteiger partial charge in [0.25, 0.3) is 0 Å². The van der Waals surface area contributed by atoms with Crippen molar-refractivity contribution in [3.8, 4) is 5.75 Å². The summed E-state index contributed by atoms with van der Waals surface area (Å²) in [5, 5.41) is 2.93. The molecule has 0 spiro atoms. The molecule has 0 unspecified atom stereocenters. The van der Waals surface area contributed by atoms with Gasteiger partial charge in [0.2, 0.25) is 5.91 Å². The van der Waals surface area contributed by atoms with E-state index < -0.39 is 0 Å². The Labute approximate surface area is 132 Å². The number of hydrogen-bond acceptors (Lipinski definition) is 2. The van der Waals surface area contributed by atoms with E-state index in [1.165, 1.54) is 5.56 Å². The van der Waals surface area contributed by atoms with E-state index in [9.17, 15) is 4.79 Å². The fraction of sp³-hybridized carbons (Fsp3) is 0.316. The summed E-state index contributed by atoms with van der Waals surface area (Å²) in [6, 6.07) is 17.8. The predicted molar refractivity (Wildman–Crippen MR) is 90.2 cm³/mol. The van der Waals surface area contributed by atoms with Gasteiger partial charge >= 0.3 is 0 Å². The molecule has 1 N–H and O–H groups in total. The molecular formula is C19H23NO2. The van der Waals surface area contributed by atoms with Crippen molar-refractivity contribution >= 4 is 11.6 Å². The van der Waals surface area contributed by atoms with Crippen molar-refractivity contribution in [2.24, 2.45) is 0 Å². The fourth-order valence-corrected chi connectivity index (χ4v) is 2.20. The lowest BCUT2D eigenvalue weighted by Gasteiger charge is -2.08. The molecule has 0 atom stereocenters. The van der Waals surface area contributed by atoms with Crippen molar-refractivity contribution in [3.05, 3.63) is 60.2 Å². The molecule has 0 radical (unpaired) electrons. The lowest BCUT2D eigenvalue weighted by molar-refractivity contribution is -0.116. The summed E-state index contributed by atoms with van der Waals surface area (Å²) in [4.78, 5) is 12.0. The van der Waals surface area contributed by atoms with Gasteiger partial charge in [-0.3, -0.25) is 4.79 Å². The second kappa shape index (κ2) is 8.88. The van der Waals surface area contributed by atoms with Crippen molar-refractivity contribution in [2.45, 2.75) is 32.6 Å². The topological polar surface area (TPSA) is 38.3 Å². The third-order valence-electron chi connectivity index (χ3n) is 3.30. The van der Waals surface area contributed by atoms with Crippen LogP contribution in [0.2, 0.25) is 0 Å². The van der Waals surface area contributed by atoms with Crippen molar-refractivity contribution in [2.75, 3.05) is 11.9 Å². The van der Waals surface area contributed by atoms with Crippen LogP contribution in [-0.2, 0) is 11.2 Å². The van der Waals surface area contributed by atoms with Crippen LogP contribution in [0.1, 0.15) is 31.7 Å². The quantitative estimate of drug-likeness (QED) is 0.782. The summed E-state index contributed by atoms with van der Waals surface area (Å²) in [6.45, 7) is 2.76. The molecule has 1 amide bonds. The molecular weight excluding hydrogens is 274 g/mol. The number of rotatable bonds is 8. The summed E-state index contributed by atoms with van der Waals surface area (Å²) >= 11 is 0. The number of hydrogen-bond donors (Lipinski definition) is 1. The van der Waals surface area contributed by atoms with Gasteiger partial charge in [0.15, 0.2) is 0 Å². The Hall–Kier alpha value is -2.29. The molecule has 2 rings (SSSR count). The van der Waals surface area contributed by atoms with Crippen LogP contribution >= 0.6 is 0 Å². The molecule has 0 aliphatic heterocycles. The summed E-state index contributed by atoms with van der Waals surface area (Å²) in [7, 11) is 0. The summed E-state index contributed by atoms with van der Waals surface area (Å²) < 4.78 is 5.57. The number of carbonyl (C=O) groups is 1. The Morgan fingerprint density at radius 3 is 2.68 bits per heavy atom. The monoisotopic (exact) mass is 297 g/mol. The molecule has 2 aromatic carbocycles. The molecule has 3 nitrogen and oxygen atoms in total. The first-order valence-electron chi connectivity index (χ1n) is 7.84. The first-order valence-corrected chi connectivity index (χ1v) is 7.84. The maximum atomic E-state index is 12.0. The highest BCUT2D eigenvalue weighted by molar-refractivity contribution is 5.90. The third-order valence-corrected chi connectivity index (χ3v) is 3.30. The lowest BCUT2D eigenvalue weighted by Crippen LogP contribution is -2.11. The first kappa shape index (κ1) is 16.1. The van der Waals surface area contributed by atoms with E-state index in [2.05, 4.69) is 24.4 Å². The van der Waals surface area contributed by atoms with Gasteiger partial charge < -0.3 is 10.1 Å². The standard InChI is InChI=1S/C19H23NO2/c1-2-14-22-18-12-7-11-17(15-18)20-19(21)13-6-10-16-8-4-3-5-9-16/h3-5,7-9,11-12,15H,2,6,10,13-14H2,1H3,(H,20,21). The van der Waals surface area contributed by atoms with E-state index in [0.717, 1.165) is 30.7 Å². The molecule has 0 aliphatic carbocycles. The molecule has 0 saturated heterocycles. The van der Waals surface area contributed by atoms with E-state index in [1.807, 2.05) is 42.5 Å². The number of amides is 1. The molecule has 0 heterocycles. The minimum absolute atomic E-state index is 0.0450. The normalized spacial score (nSPS) is 10.2. The van der Waals surface area contributed by atoms with Crippen LogP contribution in [0.25, 0.3) is 0 Å². The van der Waals surface area contributed by atoms with E-state index in [4.69, 9.17) is 4.74 Å². The Morgan fingerprint density at radius 1 is 1.09 bits per heavy atom. The zero-order chi connectivity index (χ0) is 15.6. The van der Waals surface area contributed by atoms with Crippen LogP contribution in [0.15, 0.2) is 54.6 Å². The number of ether oxygens (including phenoxy) is 1. The molecule has 3 heteroatoms. The van der Waals surface area contributed by atoms with Gasteiger partial charge in [-0.25, -0.2) is 0 Å². The maximum absolute atomic E-state index is 12.0. The van der Waals surface area contributed by atoms with Crippen LogP contribution in [0.4, 0.5) is 5.69 Å². The summed E-state index contributed by atoms with van der Waals surface area (Å²) in [5.74, 6) is 0.840. The second-order valence-electron chi connectivity index (χ2n) is 5.26. The minimum atomic E-state index is 0.0450. The number of benzene rings is 2. The Morgan fingerprint density at radius 2 is 1.91 bits per heavy atom. The minimum Gasteiger partial charge on any atom is -0.494 e. The average Bonchev–Trinajstić information content (AvgIpc) is 2.54. The van der Waals surface area contributed by atoms with Gasteiger partial charge in [0.1, 0.15) is 5.75 Å². The van der Waals surface area contributed by atoms with Gasteiger partial charge in [-0.15, -0.1) is 0 Å². The number of anilines is 1. The van der Waals surface area contributed by atoms with Crippen molar-refractivity contribution in [3.63, 3.8) is 0 Å². The highest BCUT2D eigenvalue weighted by Gasteiger charge is 2.04. The molecule has 2 aromatic rings. The molecule has 116 valence electrons. The smallest absolute Gasteiger partial charge is 0.224 e.